The van der Waals surface area contributed by atoms with Crippen molar-refractivity contribution in [3.05, 3.63) is 113 Å². The molecule has 1 aliphatic heterocycles. The van der Waals surface area contributed by atoms with Gasteiger partial charge in [-0.1, -0.05) is 0 Å². The first-order chi connectivity index (χ1) is 12.9. The molecule has 0 atom stereocenters. The molecule has 5 rings (SSSR count). The second kappa shape index (κ2) is 9.26. The van der Waals surface area contributed by atoms with Gasteiger partial charge >= 0.3 is 169 Å². The van der Waals surface area contributed by atoms with E-state index >= 15 is 0 Å². The Kier molecular flexibility index (Phi) is 7.21. The fourth-order valence-corrected chi connectivity index (χ4v) is 17.4. The van der Waals surface area contributed by atoms with Gasteiger partial charge < -0.3 is 24.8 Å². The van der Waals surface area contributed by atoms with Gasteiger partial charge in [0.1, 0.15) is 0 Å². The van der Waals surface area contributed by atoms with Crippen molar-refractivity contribution in [1.82, 2.24) is 0 Å². The third kappa shape index (κ3) is 3.90. The second-order valence-electron chi connectivity index (χ2n) is 7.53. The Balaban J connectivity index is 0.00000112. The molecule has 1 heterocycles. The fraction of sp³-hybridized carbons (Fsp3) is 0.167. The summed E-state index contributed by atoms with van der Waals surface area (Å²) in [6, 6.07) is 25.0. The smallest absolute Gasteiger partial charge is 1.00 e. The van der Waals surface area contributed by atoms with Crippen LogP contribution < -0.4 is 24.8 Å². The van der Waals surface area contributed by atoms with Crippen molar-refractivity contribution in [2.45, 2.75) is 24.9 Å². The third-order valence-electron chi connectivity index (χ3n) is 5.89. The van der Waals surface area contributed by atoms with Crippen LogP contribution in [0.5, 0.6) is 0 Å². The van der Waals surface area contributed by atoms with Crippen molar-refractivity contribution in [3.8, 4) is 0 Å². The van der Waals surface area contributed by atoms with E-state index in [2.05, 4.69) is 85.0 Å². The van der Waals surface area contributed by atoms with E-state index in [0.29, 0.717) is 0 Å². The Labute approximate surface area is 192 Å². The van der Waals surface area contributed by atoms with E-state index in [0.717, 1.165) is 0 Å². The summed E-state index contributed by atoms with van der Waals surface area (Å²) < 4.78 is 3.77. The summed E-state index contributed by atoms with van der Waals surface area (Å²) >= 11 is -0.530. The van der Waals surface area contributed by atoms with Crippen LogP contribution in [-0.4, -0.2) is 8.07 Å². The zero-order valence-electron chi connectivity index (χ0n) is 15.7. The van der Waals surface area contributed by atoms with Crippen LogP contribution in [0.2, 0.25) is 0 Å². The molecule has 28 heavy (non-hydrogen) atoms. The van der Waals surface area contributed by atoms with Crippen LogP contribution in [0.25, 0.3) is 0 Å². The molecule has 0 saturated carbocycles. The molecule has 0 N–H and O–H groups in total. The maximum absolute atomic E-state index is 2.53. The predicted molar refractivity (Wildman–Crippen MR) is 108 cm³/mol. The summed E-state index contributed by atoms with van der Waals surface area (Å²) in [5, 5.41) is 3.62. The average Bonchev–Trinajstić information content (AvgIpc) is 3.34. The predicted octanol–water partition coefficient (Wildman–Crippen LogP) is -0.390. The number of rotatable bonds is 4. The molecule has 140 valence electrons. The molecule has 0 amide bonds. The van der Waals surface area contributed by atoms with Crippen LogP contribution in [0.3, 0.4) is 0 Å². The van der Waals surface area contributed by atoms with Gasteiger partial charge in [-0.15, -0.1) is 0 Å². The molecule has 2 aromatic carbocycles. The summed E-state index contributed by atoms with van der Waals surface area (Å²) in [4.78, 5) is 0. The maximum Gasteiger partial charge on any atom is -1.00 e. The molecule has 0 aromatic heterocycles. The van der Waals surface area contributed by atoms with E-state index in [4.69, 9.17) is 0 Å². The molecule has 0 spiro atoms. The maximum atomic E-state index is 2.53. The van der Waals surface area contributed by atoms with Crippen molar-refractivity contribution in [1.29, 1.82) is 0 Å². The molecule has 0 saturated heterocycles. The first-order valence-corrected chi connectivity index (χ1v) is 14.4. The van der Waals surface area contributed by atoms with Gasteiger partial charge in [0.25, 0.3) is 0 Å². The van der Waals surface area contributed by atoms with Crippen LogP contribution in [0.4, 0.5) is 0 Å². The summed E-state index contributed by atoms with van der Waals surface area (Å²) in [5.41, 5.74) is 3.03. The van der Waals surface area contributed by atoms with Gasteiger partial charge in [0.2, 0.25) is 0 Å². The Bertz CT molecular complexity index is 879. The van der Waals surface area contributed by atoms with Gasteiger partial charge in [0.15, 0.2) is 0 Å². The molecule has 0 unspecified atom stereocenters. The molecule has 2 aromatic rings. The monoisotopic (exact) mass is 498 g/mol. The van der Waals surface area contributed by atoms with Crippen molar-refractivity contribution >= 4 is 8.07 Å². The van der Waals surface area contributed by atoms with Crippen molar-refractivity contribution < 1.29 is 48.0 Å². The number of halogens is 2. The molecule has 3 aliphatic rings. The number of allylic oxidation sites excluding steroid dienone is 8. The Morgan fingerprint density at radius 1 is 0.643 bits per heavy atom. The standard InChI is InChI=1S/C24H22Si.2ClH.Zr/c1-3-11-21(12-4-1)19-25(23-15-7-8-16-23,24-17-9-10-18-24)20-22-13-5-2-6-14-22;;;/h1-7,9,11-15,17H,8,10,19-20H2;2*1H;/q;;;+2/p-2. The average molecular weight is 501 g/mol. The van der Waals surface area contributed by atoms with E-state index in [9.17, 15) is 0 Å². The van der Waals surface area contributed by atoms with Crippen molar-refractivity contribution in [3.63, 3.8) is 0 Å². The summed E-state index contributed by atoms with van der Waals surface area (Å²) in [7, 11) is -1.80. The summed E-state index contributed by atoms with van der Waals surface area (Å²) in [6.07, 6.45) is 12.5. The van der Waals surface area contributed by atoms with Gasteiger partial charge in [0, 0.05) is 0 Å². The topological polar surface area (TPSA) is 0 Å². The molecule has 0 nitrogen and oxygen atoms in total. The SMILES string of the molecule is C1=CC2=[C](C1)[Zr+2][C]1=C(C=CC1)[Si]2(Cc1ccccc1)Cc1ccccc1.[Cl-].[Cl-]. The van der Waals surface area contributed by atoms with E-state index in [1.54, 1.807) is 0 Å². The molecule has 0 fully saturated rings. The largest absolute Gasteiger partial charge is 1.00 e. The first-order valence-electron chi connectivity index (χ1n) is 9.50. The molecule has 0 radical (unpaired) electrons. The minimum absolute atomic E-state index is 0. The third-order valence-corrected chi connectivity index (χ3v) is 16.0. The van der Waals surface area contributed by atoms with Crippen molar-refractivity contribution in [2.24, 2.45) is 0 Å². The van der Waals surface area contributed by atoms with Crippen molar-refractivity contribution in [2.75, 3.05) is 0 Å². The van der Waals surface area contributed by atoms with Crippen LogP contribution in [0, 0.1) is 0 Å². The normalized spacial score (nSPS) is 17.9. The zero-order valence-corrected chi connectivity index (χ0v) is 20.6. The summed E-state index contributed by atoms with van der Waals surface area (Å²) in [6.45, 7) is 0. The minimum atomic E-state index is -1.80. The van der Waals surface area contributed by atoms with E-state index in [1.807, 2.05) is 17.0 Å². The molecule has 0 bridgehead atoms. The Hall–Kier alpha value is -0.920. The van der Waals surface area contributed by atoms with E-state index < -0.39 is 31.3 Å². The quantitative estimate of drug-likeness (QED) is 0.502. The molecular weight excluding hydrogens is 478 g/mol. The second-order valence-corrected chi connectivity index (χ2v) is 15.1. The summed E-state index contributed by atoms with van der Waals surface area (Å²) in [5.74, 6) is 0. The van der Waals surface area contributed by atoms with Gasteiger partial charge in [0.05, 0.1) is 0 Å². The molecule has 4 heteroatoms. The van der Waals surface area contributed by atoms with Gasteiger partial charge in [-0.3, -0.25) is 0 Å². The number of benzene rings is 2. The van der Waals surface area contributed by atoms with Gasteiger partial charge in [-0.05, 0) is 0 Å². The Morgan fingerprint density at radius 3 is 1.50 bits per heavy atom. The van der Waals surface area contributed by atoms with Gasteiger partial charge in [-0.25, -0.2) is 0 Å². The van der Waals surface area contributed by atoms with Crippen LogP contribution >= 0.6 is 0 Å². The van der Waals surface area contributed by atoms with E-state index in [1.165, 1.54) is 36.1 Å². The number of hydrogen-bond donors (Lipinski definition) is 0. The number of hydrogen-bond acceptors (Lipinski definition) is 0. The van der Waals surface area contributed by atoms with Crippen LogP contribution in [-0.2, 0) is 35.3 Å². The Morgan fingerprint density at radius 2 is 1.07 bits per heavy atom. The first kappa shape index (κ1) is 21.8. The van der Waals surface area contributed by atoms with Crippen LogP contribution in [0.1, 0.15) is 24.0 Å². The van der Waals surface area contributed by atoms with Crippen LogP contribution in [0.15, 0.2) is 102 Å². The fourth-order valence-electron chi connectivity index (χ4n) is 4.80. The molecule has 2 aliphatic carbocycles. The van der Waals surface area contributed by atoms with Gasteiger partial charge in [-0.2, -0.15) is 0 Å². The molecular formula is C24H22Cl2SiZr. The zero-order chi connectivity index (χ0) is 17.4. The van der Waals surface area contributed by atoms with E-state index in [-0.39, 0.29) is 24.8 Å². The minimum Gasteiger partial charge on any atom is -1.00 e.